The molecule has 2 rings (SSSR count). The summed E-state index contributed by atoms with van der Waals surface area (Å²) < 4.78 is 16.0. The smallest absolute Gasteiger partial charge is 0.335 e. The second-order valence-corrected chi connectivity index (χ2v) is 3.95. The lowest BCUT2D eigenvalue weighted by molar-refractivity contribution is -0.153. The zero-order valence-electron chi connectivity index (χ0n) is 8.55. The van der Waals surface area contributed by atoms with Gasteiger partial charge in [0.05, 0.1) is 12.7 Å². The van der Waals surface area contributed by atoms with Crippen LogP contribution >= 0.6 is 0 Å². The van der Waals surface area contributed by atoms with Gasteiger partial charge in [-0.05, 0) is 19.3 Å². The fourth-order valence-electron chi connectivity index (χ4n) is 1.92. The average molecular weight is 216 g/mol. The molecule has 2 aliphatic rings. The van der Waals surface area contributed by atoms with Gasteiger partial charge in [-0.15, -0.1) is 0 Å². The van der Waals surface area contributed by atoms with Gasteiger partial charge < -0.3 is 19.3 Å². The molecule has 0 aromatic carbocycles. The minimum atomic E-state index is -0.956. The highest BCUT2D eigenvalue weighted by molar-refractivity contribution is 5.72. The number of rotatable bonds is 3. The maximum Gasteiger partial charge on any atom is 0.335 e. The number of aliphatic carboxylic acids is 1. The first-order valence-electron chi connectivity index (χ1n) is 5.37. The van der Waals surface area contributed by atoms with Crippen LogP contribution in [0.5, 0.6) is 0 Å². The van der Waals surface area contributed by atoms with Crippen molar-refractivity contribution in [2.45, 2.75) is 44.2 Å². The van der Waals surface area contributed by atoms with Crippen LogP contribution in [0, 0.1) is 0 Å². The fraction of sp³-hybridized carbons (Fsp3) is 0.900. The van der Waals surface area contributed by atoms with E-state index in [9.17, 15) is 4.79 Å². The van der Waals surface area contributed by atoms with E-state index >= 15 is 0 Å². The Morgan fingerprint density at radius 1 is 1.33 bits per heavy atom. The Labute approximate surface area is 88.3 Å². The molecule has 2 heterocycles. The molecular formula is C10H16O5. The van der Waals surface area contributed by atoms with Gasteiger partial charge in [-0.25, -0.2) is 4.79 Å². The second-order valence-electron chi connectivity index (χ2n) is 3.95. The molecule has 0 aromatic rings. The normalized spacial score (nSPS) is 36.7. The topological polar surface area (TPSA) is 65.0 Å². The minimum Gasteiger partial charge on any atom is -0.479 e. The number of carboxylic acid groups (broad SMARTS) is 1. The van der Waals surface area contributed by atoms with Crippen LogP contribution in [-0.2, 0) is 19.0 Å². The zero-order valence-corrected chi connectivity index (χ0v) is 8.55. The minimum absolute atomic E-state index is 0.146. The van der Waals surface area contributed by atoms with E-state index in [2.05, 4.69) is 0 Å². The van der Waals surface area contributed by atoms with Gasteiger partial charge in [-0.2, -0.15) is 0 Å². The molecule has 3 unspecified atom stereocenters. The van der Waals surface area contributed by atoms with Crippen molar-refractivity contribution in [2.24, 2.45) is 0 Å². The molecule has 0 aliphatic carbocycles. The van der Waals surface area contributed by atoms with E-state index in [-0.39, 0.29) is 12.7 Å². The lowest BCUT2D eigenvalue weighted by atomic mass is 10.1. The van der Waals surface area contributed by atoms with Crippen molar-refractivity contribution in [3.63, 3.8) is 0 Å². The first-order valence-corrected chi connectivity index (χ1v) is 5.37. The van der Waals surface area contributed by atoms with Crippen LogP contribution in [0.4, 0.5) is 0 Å². The van der Waals surface area contributed by atoms with Gasteiger partial charge in [0, 0.05) is 13.0 Å². The summed E-state index contributed by atoms with van der Waals surface area (Å²) in [6, 6.07) is 0. The molecule has 1 N–H and O–H groups in total. The average Bonchev–Trinajstić information content (AvgIpc) is 2.68. The third-order valence-corrected chi connectivity index (χ3v) is 2.75. The molecule has 0 bridgehead atoms. The Bertz CT molecular complexity index is 224. The van der Waals surface area contributed by atoms with Crippen molar-refractivity contribution >= 4 is 5.97 Å². The highest BCUT2D eigenvalue weighted by atomic mass is 16.7. The largest absolute Gasteiger partial charge is 0.479 e. The van der Waals surface area contributed by atoms with Crippen LogP contribution in [-0.4, -0.2) is 42.8 Å². The van der Waals surface area contributed by atoms with Crippen molar-refractivity contribution in [3.8, 4) is 0 Å². The summed E-state index contributed by atoms with van der Waals surface area (Å²) >= 11 is 0. The third-order valence-electron chi connectivity index (χ3n) is 2.75. The van der Waals surface area contributed by atoms with E-state index < -0.39 is 18.4 Å². The molecule has 0 radical (unpaired) electrons. The van der Waals surface area contributed by atoms with E-state index in [1.54, 1.807) is 0 Å². The van der Waals surface area contributed by atoms with Gasteiger partial charge in [0.1, 0.15) is 0 Å². The van der Waals surface area contributed by atoms with E-state index in [0.717, 1.165) is 19.4 Å². The summed E-state index contributed by atoms with van der Waals surface area (Å²) in [6.45, 7) is 0.937. The number of ether oxygens (including phenoxy) is 3. The van der Waals surface area contributed by atoms with Gasteiger partial charge in [-0.1, -0.05) is 0 Å². The van der Waals surface area contributed by atoms with Crippen LogP contribution in [0.15, 0.2) is 0 Å². The van der Waals surface area contributed by atoms with Gasteiger partial charge in [-0.3, -0.25) is 0 Å². The van der Waals surface area contributed by atoms with E-state index in [1.807, 2.05) is 0 Å². The number of hydrogen-bond acceptors (Lipinski definition) is 4. The Hall–Kier alpha value is -0.650. The summed E-state index contributed by atoms with van der Waals surface area (Å²) in [5, 5.41) is 8.70. The maximum atomic E-state index is 10.6. The van der Waals surface area contributed by atoms with Gasteiger partial charge >= 0.3 is 5.97 Å². The van der Waals surface area contributed by atoms with Crippen LogP contribution in [0.3, 0.4) is 0 Å². The Kier molecular flexibility index (Phi) is 3.56. The highest BCUT2D eigenvalue weighted by Gasteiger charge is 2.33. The summed E-state index contributed by atoms with van der Waals surface area (Å²) in [5.41, 5.74) is 0. The van der Waals surface area contributed by atoms with Gasteiger partial charge in [0.2, 0.25) is 0 Å². The molecule has 5 heteroatoms. The molecule has 86 valence electrons. The van der Waals surface area contributed by atoms with Crippen LogP contribution in [0.1, 0.15) is 25.7 Å². The molecule has 2 aliphatic heterocycles. The predicted octanol–water partition coefficient (Wildman–Crippen LogP) is 0.772. The van der Waals surface area contributed by atoms with E-state index in [0.29, 0.717) is 6.42 Å². The highest BCUT2D eigenvalue weighted by Crippen LogP contribution is 2.22. The van der Waals surface area contributed by atoms with Gasteiger partial charge in [0.15, 0.2) is 12.4 Å². The Balaban J connectivity index is 1.74. The number of carbonyl (C=O) groups is 1. The lowest BCUT2D eigenvalue weighted by Gasteiger charge is -2.24. The van der Waals surface area contributed by atoms with Crippen molar-refractivity contribution in [2.75, 3.05) is 13.2 Å². The molecule has 5 nitrogen and oxygen atoms in total. The fourth-order valence-corrected chi connectivity index (χ4v) is 1.92. The van der Waals surface area contributed by atoms with Crippen molar-refractivity contribution in [3.05, 3.63) is 0 Å². The first kappa shape index (κ1) is 10.9. The maximum absolute atomic E-state index is 10.6. The quantitative estimate of drug-likeness (QED) is 0.755. The van der Waals surface area contributed by atoms with Gasteiger partial charge in [0.25, 0.3) is 0 Å². The summed E-state index contributed by atoms with van der Waals surface area (Å²) in [6.07, 6.45) is 2.88. The monoisotopic (exact) mass is 216 g/mol. The molecule has 2 saturated heterocycles. The second kappa shape index (κ2) is 4.92. The Morgan fingerprint density at radius 2 is 2.20 bits per heavy atom. The molecular weight excluding hydrogens is 200 g/mol. The number of carboxylic acids is 1. The SMILES string of the molecule is O=C(O)C1COC(CC2CCCCO2)O1. The zero-order chi connectivity index (χ0) is 10.7. The van der Waals surface area contributed by atoms with Crippen molar-refractivity contribution < 1.29 is 24.1 Å². The molecule has 0 amide bonds. The lowest BCUT2D eigenvalue weighted by Crippen LogP contribution is -2.27. The number of hydrogen-bond donors (Lipinski definition) is 1. The van der Waals surface area contributed by atoms with Crippen LogP contribution in [0.2, 0.25) is 0 Å². The van der Waals surface area contributed by atoms with Crippen molar-refractivity contribution in [1.82, 2.24) is 0 Å². The Morgan fingerprint density at radius 3 is 2.80 bits per heavy atom. The standard InChI is InChI=1S/C10H16O5/c11-10(12)8-6-14-9(15-8)5-7-3-1-2-4-13-7/h7-9H,1-6H2,(H,11,12). The van der Waals surface area contributed by atoms with Crippen LogP contribution < -0.4 is 0 Å². The molecule has 3 atom stereocenters. The predicted molar refractivity (Wildman–Crippen MR) is 50.5 cm³/mol. The first-order chi connectivity index (χ1) is 7.25. The molecule has 15 heavy (non-hydrogen) atoms. The summed E-state index contributed by atoms with van der Waals surface area (Å²) in [7, 11) is 0. The molecule has 0 spiro atoms. The molecule has 0 aromatic heterocycles. The van der Waals surface area contributed by atoms with E-state index in [1.165, 1.54) is 6.42 Å². The molecule has 2 fully saturated rings. The summed E-state index contributed by atoms with van der Waals surface area (Å²) in [4.78, 5) is 10.6. The van der Waals surface area contributed by atoms with Crippen molar-refractivity contribution in [1.29, 1.82) is 0 Å². The van der Waals surface area contributed by atoms with E-state index in [4.69, 9.17) is 19.3 Å². The molecule has 0 saturated carbocycles. The van der Waals surface area contributed by atoms with Crippen LogP contribution in [0.25, 0.3) is 0 Å². The third kappa shape index (κ3) is 2.90. The summed E-state index contributed by atoms with van der Waals surface area (Å²) in [5.74, 6) is -0.956.